The number of rotatable bonds is 7. The number of nitrogens with one attached hydrogen (secondary N) is 1. The Morgan fingerprint density at radius 3 is 2.62 bits per heavy atom. The maximum Gasteiger partial charge on any atom is 0.340 e. The van der Waals surface area contributed by atoms with Crippen LogP contribution in [0.25, 0.3) is 6.08 Å². The van der Waals surface area contributed by atoms with Gasteiger partial charge in [-0.2, -0.15) is 0 Å². The van der Waals surface area contributed by atoms with Crippen LogP contribution in [0.15, 0.2) is 53.0 Å². The van der Waals surface area contributed by atoms with E-state index in [1.807, 2.05) is 25.1 Å². The minimum Gasteiger partial charge on any atom is -0.493 e. The Kier molecular flexibility index (Phi) is 7.41. The van der Waals surface area contributed by atoms with E-state index in [9.17, 15) is 9.59 Å². The van der Waals surface area contributed by atoms with Gasteiger partial charge in [0.1, 0.15) is 5.75 Å². The number of hydrogen-bond donors (Lipinski definition) is 1. The summed E-state index contributed by atoms with van der Waals surface area (Å²) in [6.45, 7) is 4.43. The van der Waals surface area contributed by atoms with Gasteiger partial charge in [0.05, 0.1) is 24.5 Å². The van der Waals surface area contributed by atoms with E-state index < -0.39 is 5.97 Å². The molecule has 0 heterocycles. The normalized spacial score (nSPS) is 10.6. The summed E-state index contributed by atoms with van der Waals surface area (Å²) in [4.78, 5) is 24.2. The molecule has 0 atom stereocenters. The summed E-state index contributed by atoms with van der Waals surface area (Å²) in [5.74, 6) is -0.145. The first-order chi connectivity index (χ1) is 12.5. The van der Waals surface area contributed by atoms with Crippen LogP contribution in [0.3, 0.4) is 0 Å². The van der Waals surface area contributed by atoms with Crippen molar-refractivity contribution < 1.29 is 19.1 Å². The fourth-order valence-corrected chi connectivity index (χ4v) is 2.63. The number of halogens is 1. The van der Waals surface area contributed by atoms with E-state index in [1.165, 1.54) is 6.08 Å². The minimum absolute atomic E-state index is 0.268. The smallest absolute Gasteiger partial charge is 0.340 e. The maximum atomic E-state index is 12.3. The first-order valence-electron chi connectivity index (χ1n) is 8.22. The van der Waals surface area contributed by atoms with Gasteiger partial charge >= 0.3 is 5.97 Å². The van der Waals surface area contributed by atoms with Crippen molar-refractivity contribution in [2.45, 2.75) is 13.8 Å². The van der Waals surface area contributed by atoms with Crippen molar-refractivity contribution >= 4 is 39.6 Å². The van der Waals surface area contributed by atoms with Crippen LogP contribution in [0.2, 0.25) is 0 Å². The molecule has 2 aromatic rings. The van der Waals surface area contributed by atoms with Crippen LogP contribution in [0, 0.1) is 0 Å². The van der Waals surface area contributed by atoms with Crippen molar-refractivity contribution in [1.82, 2.24) is 0 Å². The molecule has 2 aromatic carbocycles. The molecule has 136 valence electrons. The summed E-state index contributed by atoms with van der Waals surface area (Å²) in [5, 5.41) is 2.71. The maximum absolute atomic E-state index is 12.3. The summed E-state index contributed by atoms with van der Waals surface area (Å²) in [6.07, 6.45) is 3.06. The lowest BCUT2D eigenvalue weighted by atomic mass is 10.1. The molecule has 0 saturated heterocycles. The molecular formula is C20H20BrNO4. The highest BCUT2D eigenvalue weighted by atomic mass is 79.9. The van der Waals surface area contributed by atoms with E-state index in [0.29, 0.717) is 23.6 Å². The fraction of sp³-hybridized carbons (Fsp3) is 0.200. The van der Waals surface area contributed by atoms with Crippen molar-refractivity contribution in [1.29, 1.82) is 0 Å². The van der Waals surface area contributed by atoms with E-state index in [1.54, 1.807) is 37.3 Å². The summed E-state index contributed by atoms with van der Waals surface area (Å²) in [7, 11) is 0. The standard InChI is InChI=1S/C20H20BrNO4/c1-3-25-18-11-10-15(21)13-14(18)9-12-19(23)22-17-8-6-5-7-16(17)20(24)26-4-2/h5-13H,3-4H2,1-2H3,(H,22,23). The summed E-state index contributed by atoms with van der Waals surface area (Å²) >= 11 is 3.41. The van der Waals surface area contributed by atoms with Gasteiger partial charge in [-0.3, -0.25) is 4.79 Å². The van der Waals surface area contributed by atoms with Crippen LogP contribution >= 0.6 is 15.9 Å². The molecule has 1 amide bonds. The Hall–Kier alpha value is -2.60. The molecular weight excluding hydrogens is 398 g/mol. The number of hydrogen-bond acceptors (Lipinski definition) is 4. The van der Waals surface area contributed by atoms with Gasteiger partial charge in [0.2, 0.25) is 5.91 Å². The van der Waals surface area contributed by atoms with E-state index in [4.69, 9.17) is 9.47 Å². The SMILES string of the molecule is CCOC(=O)c1ccccc1NC(=O)C=Cc1cc(Br)ccc1OCC. The van der Waals surface area contributed by atoms with Crippen LogP contribution in [-0.4, -0.2) is 25.1 Å². The van der Waals surface area contributed by atoms with Crippen molar-refractivity contribution in [3.63, 3.8) is 0 Å². The summed E-state index contributed by atoms with van der Waals surface area (Å²) in [6, 6.07) is 12.3. The van der Waals surface area contributed by atoms with Gasteiger partial charge in [-0.1, -0.05) is 28.1 Å². The van der Waals surface area contributed by atoms with Gasteiger partial charge in [0.15, 0.2) is 0 Å². The molecule has 0 unspecified atom stereocenters. The Morgan fingerprint density at radius 2 is 1.88 bits per heavy atom. The molecule has 0 radical (unpaired) electrons. The molecule has 0 aliphatic carbocycles. The third-order valence-corrected chi connectivity index (χ3v) is 3.86. The Bertz CT molecular complexity index is 817. The highest BCUT2D eigenvalue weighted by molar-refractivity contribution is 9.10. The quantitative estimate of drug-likeness (QED) is 0.524. The lowest BCUT2D eigenvalue weighted by molar-refractivity contribution is -0.111. The van der Waals surface area contributed by atoms with Gasteiger partial charge in [0.25, 0.3) is 0 Å². The predicted molar refractivity (Wildman–Crippen MR) is 105 cm³/mol. The van der Waals surface area contributed by atoms with E-state index in [0.717, 1.165) is 10.0 Å². The number of benzene rings is 2. The van der Waals surface area contributed by atoms with Crippen LogP contribution < -0.4 is 10.1 Å². The van der Waals surface area contributed by atoms with Crippen molar-refractivity contribution in [2.24, 2.45) is 0 Å². The fourth-order valence-electron chi connectivity index (χ4n) is 2.26. The second-order valence-corrected chi connectivity index (χ2v) is 6.12. The molecule has 1 N–H and O–H groups in total. The molecule has 0 saturated carbocycles. The molecule has 0 bridgehead atoms. The number of carbonyl (C=O) groups is 2. The number of para-hydroxylation sites is 1. The molecule has 0 aliphatic rings. The zero-order valence-electron chi connectivity index (χ0n) is 14.6. The monoisotopic (exact) mass is 417 g/mol. The average molecular weight is 418 g/mol. The van der Waals surface area contributed by atoms with Gasteiger partial charge in [-0.05, 0) is 50.3 Å². The highest BCUT2D eigenvalue weighted by Gasteiger charge is 2.13. The molecule has 0 spiro atoms. The topological polar surface area (TPSA) is 64.6 Å². The largest absolute Gasteiger partial charge is 0.493 e. The van der Waals surface area contributed by atoms with Crippen LogP contribution in [0.5, 0.6) is 5.75 Å². The third-order valence-electron chi connectivity index (χ3n) is 3.37. The molecule has 5 nitrogen and oxygen atoms in total. The van der Waals surface area contributed by atoms with Crippen LogP contribution in [0.1, 0.15) is 29.8 Å². The van der Waals surface area contributed by atoms with Gasteiger partial charge in [-0.25, -0.2) is 4.79 Å². The number of esters is 1. The highest BCUT2D eigenvalue weighted by Crippen LogP contribution is 2.24. The average Bonchev–Trinajstić information content (AvgIpc) is 2.62. The predicted octanol–water partition coefficient (Wildman–Crippen LogP) is 4.68. The summed E-state index contributed by atoms with van der Waals surface area (Å²) < 4.78 is 11.4. The zero-order chi connectivity index (χ0) is 18.9. The van der Waals surface area contributed by atoms with E-state index >= 15 is 0 Å². The van der Waals surface area contributed by atoms with Gasteiger partial charge in [0, 0.05) is 16.1 Å². The number of amides is 1. The lowest BCUT2D eigenvalue weighted by Gasteiger charge is -2.09. The second-order valence-electron chi connectivity index (χ2n) is 5.20. The Morgan fingerprint density at radius 1 is 1.12 bits per heavy atom. The lowest BCUT2D eigenvalue weighted by Crippen LogP contribution is -2.13. The molecule has 0 aliphatic heterocycles. The zero-order valence-corrected chi connectivity index (χ0v) is 16.2. The van der Waals surface area contributed by atoms with Gasteiger partial charge < -0.3 is 14.8 Å². The van der Waals surface area contributed by atoms with E-state index in [2.05, 4.69) is 21.2 Å². The van der Waals surface area contributed by atoms with Crippen molar-refractivity contribution in [2.75, 3.05) is 18.5 Å². The third kappa shape index (κ3) is 5.46. The minimum atomic E-state index is -0.474. The Balaban J connectivity index is 2.16. The molecule has 2 rings (SSSR count). The molecule has 26 heavy (non-hydrogen) atoms. The molecule has 6 heteroatoms. The van der Waals surface area contributed by atoms with E-state index in [-0.39, 0.29) is 12.5 Å². The van der Waals surface area contributed by atoms with Crippen LogP contribution in [-0.2, 0) is 9.53 Å². The van der Waals surface area contributed by atoms with Crippen LogP contribution in [0.4, 0.5) is 5.69 Å². The Labute approximate surface area is 161 Å². The number of ether oxygens (including phenoxy) is 2. The first kappa shape index (κ1) is 19.7. The second kappa shape index (κ2) is 9.77. The van der Waals surface area contributed by atoms with Gasteiger partial charge in [-0.15, -0.1) is 0 Å². The molecule has 0 aromatic heterocycles. The first-order valence-corrected chi connectivity index (χ1v) is 9.02. The number of carbonyl (C=O) groups excluding carboxylic acids is 2. The van der Waals surface area contributed by atoms with Crippen molar-refractivity contribution in [3.8, 4) is 5.75 Å². The molecule has 0 fully saturated rings. The van der Waals surface area contributed by atoms with Crippen molar-refractivity contribution in [3.05, 3.63) is 64.1 Å². The number of anilines is 1. The summed E-state index contributed by atoms with van der Waals surface area (Å²) in [5.41, 5.74) is 1.49.